The molecule has 1 aliphatic rings. The Morgan fingerprint density at radius 1 is 1.44 bits per heavy atom. The zero-order valence-corrected chi connectivity index (χ0v) is 9.77. The maximum atomic E-state index is 11.9. The van der Waals surface area contributed by atoms with Crippen molar-refractivity contribution in [3.63, 3.8) is 0 Å². The lowest BCUT2D eigenvalue weighted by molar-refractivity contribution is -0.131. The molecule has 2 N–H and O–H groups in total. The minimum absolute atomic E-state index is 0.119. The predicted molar refractivity (Wildman–Crippen MR) is 66.0 cm³/mol. The summed E-state index contributed by atoms with van der Waals surface area (Å²) in [4.78, 5) is 15.8. The average Bonchev–Trinajstić information content (AvgIpc) is 2.63. The third-order valence-corrected chi connectivity index (χ3v) is 2.72. The molecule has 0 radical (unpaired) electrons. The molecule has 0 saturated carbocycles. The molecule has 90 valence electrons. The third kappa shape index (κ3) is 3.79. The summed E-state index contributed by atoms with van der Waals surface area (Å²) >= 11 is 0. The van der Waals surface area contributed by atoms with Crippen molar-refractivity contribution in [3.8, 4) is 0 Å². The van der Waals surface area contributed by atoms with Crippen molar-refractivity contribution < 1.29 is 4.79 Å². The van der Waals surface area contributed by atoms with Crippen molar-refractivity contribution >= 4 is 5.91 Å². The monoisotopic (exact) mass is 223 g/mol. The number of hydrogen-bond acceptors (Lipinski definition) is 3. The van der Waals surface area contributed by atoms with Crippen LogP contribution in [0.3, 0.4) is 0 Å². The number of likely N-dealkylation sites (tertiary alicyclic amines) is 1. The quantitative estimate of drug-likeness (QED) is 0.655. The second kappa shape index (κ2) is 6.45. The van der Waals surface area contributed by atoms with Crippen LogP contribution in [0, 0.1) is 0 Å². The molecule has 1 unspecified atom stereocenters. The smallest absolute Gasteiger partial charge is 0.237 e. The SMILES string of the molecule is C=CCN(CC=C)C(=O)CN1CCC(N)C1. The van der Waals surface area contributed by atoms with Crippen molar-refractivity contribution in [2.24, 2.45) is 5.73 Å². The average molecular weight is 223 g/mol. The molecule has 0 spiro atoms. The molecule has 1 saturated heterocycles. The van der Waals surface area contributed by atoms with Gasteiger partial charge in [-0.15, -0.1) is 13.2 Å². The summed E-state index contributed by atoms with van der Waals surface area (Å²) in [5.74, 6) is 0.119. The van der Waals surface area contributed by atoms with E-state index in [1.165, 1.54) is 0 Å². The molecule has 1 fully saturated rings. The number of nitrogens with zero attached hydrogens (tertiary/aromatic N) is 2. The highest BCUT2D eigenvalue weighted by Crippen LogP contribution is 2.07. The number of carbonyl (C=O) groups is 1. The van der Waals surface area contributed by atoms with Gasteiger partial charge in [-0.3, -0.25) is 9.69 Å². The Kier molecular flexibility index (Phi) is 5.22. The molecule has 4 heteroatoms. The Hall–Kier alpha value is -1.13. The Balaban J connectivity index is 2.41. The highest BCUT2D eigenvalue weighted by molar-refractivity contribution is 5.78. The Morgan fingerprint density at radius 3 is 2.50 bits per heavy atom. The van der Waals surface area contributed by atoms with E-state index in [4.69, 9.17) is 5.73 Å². The second-order valence-electron chi connectivity index (χ2n) is 4.16. The molecule has 1 heterocycles. The molecule has 1 rings (SSSR count). The van der Waals surface area contributed by atoms with Crippen molar-refractivity contribution in [3.05, 3.63) is 25.3 Å². The Labute approximate surface area is 97.4 Å². The van der Waals surface area contributed by atoms with Gasteiger partial charge in [0.05, 0.1) is 6.54 Å². The topological polar surface area (TPSA) is 49.6 Å². The van der Waals surface area contributed by atoms with Crippen LogP contribution in [0.1, 0.15) is 6.42 Å². The summed E-state index contributed by atoms with van der Waals surface area (Å²) in [5.41, 5.74) is 5.80. The van der Waals surface area contributed by atoms with Crippen LogP contribution in [0.25, 0.3) is 0 Å². The molecule has 0 aromatic heterocycles. The van der Waals surface area contributed by atoms with Crippen LogP contribution < -0.4 is 5.73 Å². The van der Waals surface area contributed by atoms with Crippen molar-refractivity contribution in [1.29, 1.82) is 0 Å². The fourth-order valence-corrected chi connectivity index (χ4v) is 1.89. The van der Waals surface area contributed by atoms with E-state index in [2.05, 4.69) is 18.1 Å². The normalized spacial score (nSPS) is 20.7. The van der Waals surface area contributed by atoms with Crippen LogP contribution in [0.15, 0.2) is 25.3 Å². The number of carbonyl (C=O) groups excluding carboxylic acids is 1. The lowest BCUT2D eigenvalue weighted by Crippen LogP contribution is -2.40. The number of hydrogen-bond donors (Lipinski definition) is 1. The molecule has 0 aromatic carbocycles. The maximum absolute atomic E-state index is 11.9. The zero-order valence-electron chi connectivity index (χ0n) is 9.77. The van der Waals surface area contributed by atoms with Gasteiger partial charge in [-0.2, -0.15) is 0 Å². The summed E-state index contributed by atoms with van der Waals surface area (Å²) in [6.07, 6.45) is 4.45. The van der Waals surface area contributed by atoms with E-state index in [0.717, 1.165) is 19.5 Å². The van der Waals surface area contributed by atoms with E-state index in [1.807, 2.05) is 0 Å². The van der Waals surface area contributed by atoms with Gasteiger partial charge in [0.15, 0.2) is 0 Å². The van der Waals surface area contributed by atoms with Gasteiger partial charge in [-0.1, -0.05) is 12.2 Å². The van der Waals surface area contributed by atoms with Crippen LogP contribution in [0.2, 0.25) is 0 Å². The van der Waals surface area contributed by atoms with E-state index in [1.54, 1.807) is 17.1 Å². The molecule has 0 aliphatic carbocycles. The number of amides is 1. The molecular formula is C12H21N3O. The summed E-state index contributed by atoms with van der Waals surface area (Å²) in [7, 11) is 0. The van der Waals surface area contributed by atoms with E-state index >= 15 is 0 Å². The van der Waals surface area contributed by atoms with Crippen LogP contribution in [0.4, 0.5) is 0 Å². The summed E-state index contributed by atoms with van der Waals surface area (Å²) in [6, 6.07) is 0.222. The number of rotatable bonds is 6. The molecular weight excluding hydrogens is 202 g/mol. The van der Waals surface area contributed by atoms with Crippen molar-refractivity contribution in [1.82, 2.24) is 9.80 Å². The minimum atomic E-state index is 0.119. The molecule has 4 nitrogen and oxygen atoms in total. The summed E-state index contributed by atoms with van der Waals surface area (Å²) in [5, 5.41) is 0. The van der Waals surface area contributed by atoms with Gasteiger partial charge < -0.3 is 10.6 Å². The van der Waals surface area contributed by atoms with Gasteiger partial charge in [-0.05, 0) is 6.42 Å². The Bertz CT molecular complexity index is 255. The van der Waals surface area contributed by atoms with Gasteiger partial charge in [0.2, 0.25) is 5.91 Å². The molecule has 0 bridgehead atoms. The van der Waals surface area contributed by atoms with E-state index in [-0.39, 0.29) is 11.9 Å². The number of nitrogens with two attached hydrogens (primary N) is 1. The highest BCUT2D eigenvalue weighted by Gasteiger charge is 2.22. The van der Waals surface area contributed by atoms with Gasteiger partial charge in [-0.25, -0.2) is 0 Å². The van der Waals surface area contributed by atoms with Crippen LogP contribution in [0.5, 0.6) is 0 Å². The van der Waals surface area contributed by atoms with Gasteiger partial charge >= 0.3 is 0 Å². The first-order valence-electron chi connectivity index (χ1n) is 5.65. The lowest BCUT2D eigenvalue weighted by atomic mass is 10.3. The largest absolute Gasteiger partial charge is 0.334 e. The van der Waals surface area contributed by atoms with Gasteiger partial charge in [0, 0.05) is 32.2 Å². The van der Waals surface area contributed by atoms with Crippen molar-refractivity contribution in [2.45, 2.75) is 12.5 Å². The summed E-state index contributed by atoms with van der Waals surface area (Å²) < 4.78 is 0. The Morgan fingerprint density at radius 2 is 2.06 bits per heavy atom. The molecule has 1 aliphatic heterocycles. The third-order valence-electron chi connectivity index (χ3n) is 2.72. The molecule has 0 aromatic rings. The van der Waals surface area contributed by atoms with E-state index in [9.17, 15) is 4.79 Å². The fourth-order valence-electron chi connectivity index (χ4n) is 1.89. The fraction of sp³-hybridized carbons (Fsp3) is 0.583. The minimum Gasteiger partial charge on any atom is -0.334 e. The molecule has 1 atom stereocenters. The predicted octanol–water partition coefficient (Wildman–Crippen LogP) is 0.220. The summed E-state index contributed by atoms with van der Waals surface area (Å²) in [6.45, 7) is 10.6. The first-order chi connectivity index (χ1) is 7.67. The standard InChI is InChI=1S/C12H21N3O/c1-3-6-15(7-4-2)12(16)10-14-8-5-11(13)9-14/h3-4,11H,1-2,5-10,13H2. The molecule has 16 heavy (non-hydrogen) atoms. The van der Waals surface area contributed by atoms with E-state index < -0.39 is 0 Å². The van der Waals surface area contributed by atoms with Crippen molar-refractivity contribution in [2.75, 3.05) is 32.7 Å². The van der Waals surface area contributed by atoms with Crippen LogP contribution in [-0.4, -0.2) is 54.5 Å². The van der Waals surface area contributed by atoms with E-state index in [0.29, 0.717) is 19.6 Å². The first kappa shape index (κ1) is 12.9. The van der Waals surface area contributed by atoms with Gasteiger partial charge in [0.1, 0.15) is 0 Å². The molecule has 1 amide bonds. The zero-order chi connectivity index (χ0) is 12.0. The maximum Gasteiger partial charge on any atom is 0.237 e. The highest BCUT2D eigenvalue weighted by atomic mass is 16.2. The second-order valence-corrected chi connectivity index (χ2v) is 4.16. The van der Waals surface area contributed by atoms with Gasteiger partial charge in [0.25, 0.3) is 0 Å². The van der Waals surface area contributed by atoms with Crippen LogP contribution in [-0.2, 0) is 4.79 Å². The van der Waals surface area contributed by atoms with Crippen LogP contribution >= 0.6 is 0 Å². The first-order valence-corrected chi connectivity index (χ1v) is 5.65. The lowest BCUT2D eigenvalue weighted by Gasteiger charge is -2.23.